The largest absolute Gasteiger partial charge is 0.361 e. The normalized spacial score (nSPS) is 12.5. The van der Waals surface area contributed by atoms with Gasteiger partial charge in [0.15, 0.2) is 0 Å². The molecule has 4 nitrogen and oxygen atoms in total. The zero-order valence-electron chi connectivity index (χ0n) is 13.8. The molecule has 0 amide bonds. The smallest absolute Gasteiger partial charge is 0.123 e. The third-order valence-corrected chi connectivity index (χ3v) is 3.17. The van der Waals surface area contributed by atoms with Crippen LogP contribution in [0.3, 0.4) is 0 Å². The van der Waals surface area contributed by atoms with Crippen LogP contribution in [0.5, 0.6) is 0 Å². The van der Waals surface area contributed by atoms with Crippen LogP contribution in [0.1, 0.15) is 40.4 Å². The van der Waals surface area contributed by atoms with Crippen LogP contribution in [0.4, 0.5) is 0 Å². The maximum absolute atomic E-state index is 5.70. The summed E-state index contributed by atoms with van der Waals surface area (Å²) in [6.07, 6.45) is 0. The Bertz CT molecular complexity index is 581. The summed E-state index contributed by atoms with van der Waals surface area (Å²) in [5, 5.41) is 3.33. The summed E-state index contributed by atoms with van der Waals surface area (Å²) in [6.45, 7) is 12.9. The molecule has 4 heteroatoms. The second-order valence-corrected chi connectivity index (χ2v) is 6.85. The summed E-state index contributed by atoms with van der Waals surface area (Å²) < 4.78 is 8.01. The van der Waals surface area contributed by atoms with Crippen molar-refractivity contribution in [2.45, 2.75) is 53.3 Å². The van der Waals surface area contributed by atoms with E-state index in [4.69, 9.17) is 9.72 Å². The molecular weight excluding hydrogens is 262 g/mol. The summed E-state index contributed by atoms with van der Waals surface area (Å²) in [5.41, 5.74) is 2.15. The van der Waals surface area contributed by atoms with Crippen LogP contribution in [-0.2, 0) is 17.8 Å². The van der Waals surface area contributed by atoms with E-state index in [1.165, 1.54) is 5.52 Å². The Morgan fingerprint density at radius 1 is 1.24 bits per heavy atom. The Morgan fingerprint density at radius 3 is 2.62 bits per heavy atom. The van der Waals surface area contributed by atoms with Gasteiger partial charge in [0.2, 0.25) is 0 Å². The molecule has 0 unspecified atom stereocenters. The van der Waals surface area contributed by atoms with Crippen LogP contribution in [0, 0.1) is 5.92 Å². The van der Waals surface area contributed by atoms with Crippen molar-refractivity contribution in [3.8, 4) is 0 Å². The first kappa shape index (κ1) is 16.0. The van der Waals surface area contributed by atoms with Crippen molar-refractivity contribution in [2.24, 2.45) is 5.92 Å². The minimum Gasteiger partial charge on any atom is -0.361 e. The van der Waals surface area contributed by atoms with Crippen LogP contribution in [-0.4, -0.2) is 21.9 Å². The number of benzene rings is 1. The first-order chi connectivity index (χ1) is 9.87. The van der Waals surface area contributed by atoms with Gasteiger partial charge in [-0.15, -0.1) is 0 Å². The summed E-state index contributed by atoms with van der Waals surface area (Å²) in [5.74, 6) is 1.66. The Labute approximate surface area is 127 Å². The van der Waals surface area contributed by atoms with Crippen molar-refractivity contribution >= 4 is 11.0 Å². The van der Waals surface area contributed by atoms with Crippen LogP contribution in [0.15, 0.2) is 24.3 Å². The molecule has 0 spiro atoms. The first-order valence-corrected chi connectivity index (χ1v) is 7.65. The molecule has 2 aromatic rings. The van der Waals surface area contributed by atoms with E-state index in [2.05, 4.69) is 62.7 Å². The molecule has 1 aromatic heterocycles. The highest BCUT2D eigenvalue weighted by atomic mass is 16.5. The van der Waals surface area contributed by atoms with E-state index in [-0.39, 0.29) is 5.60 Å². The number of fused-ring (bicyclic) bond motifs is 1. The van der Waals surface area contributed by atoms with Crippen molar-refractivity contribution in [2.75, 3.05) is 6.73 Å². The van der Waals surface area contributed by atoms with E-state index in [0.717, 1.165) is 24.4 Å². The molecule has 21 heavy (non-hydrogen) atoms. The monoisotopic (exact) mass is 289 g/mol. The van der Waals surface area contributed by atoms with Crippen LogP contribution >= 0.6 is 0 Å². The van der Waals surface area contributed by atoms with Crippen molar-refractivity contribution in [3.63, 3.8) is 0 Å². The molecule has 1 N–H and O–H groups in total. The predicted octanol–water partition coefficient (Wildman–Crippen LogP) is 3.55. The van der Waals surface area contributed by atoms with Crippen molar-refractivity contribution in [1.82, 2.24) is 14.9 Å². The summed E-state index contributed by atoms with van der Waals surface area (Å²) in [6, 6.07) is 8.32. The van der Waals surface area contributed by atoms with Crippen molar-refractivity contribution in [1.29, 1.82) is 0 Å². The Morgan fingerprint density at radius 2 is 1.95 bits per heavy atom. The number of rotatable bonds is 6. The van der Waals surface area contributed by atoms with Gasteiger partial charge >= 0.3 is 0 Å². The molecule has 0 aliphatic heterocycles. The van der Waals surface area contributed by atoms with E-state index in [9.17, 15) is 0 Å². The molecule has 1 aromatic carbocycles. The number of nitrogens with one attached hydrogen (secondary N) is 1. The number of aromatic nitrogens is 2. The molecule has 1 heterocycles. The lowest BCUT2D eigenvalue weighted by molar-refractivity contribution is -0.0141. The van der Waals surface area contributed by atoms with Gasteiger partial charge in [-0.3, -0.25) is 5.32 Å². The fraction of sp³-hybridized carbons (Fsp3) is 0.588. The molecule has 116 valence electrons. The molecule has 0 radical (unpaired) electrons. The number of hydrogen-bond donors (Lipinski definition) is 1. The van der Waals surface area contributed by atoms with E-state index in [1.54, 1.807) is 0 Å². The lowest BCUT2D eigenvalue weighted by atomic mass is 10.2. The van der Waals surface area contributed by atoms with Crippen molar-refractivity contribution in [3.05, 3.63) is 30.1 Å². The van der Waals surface area contributed by atoms with Gasteiger partial charge < -0.3 is 9.30 Å². The van der Waals surface area contributed by atoms with E-state index >= 15 is 0 Å². The minimum absolute atomic E-state index is 0.120. The van der Waals surface area contributed by atoms with Gasteiger partial charge in [-0.25, -0.2) is 4.98 Å². The molecule has 0 aliphatic rings. The SMILES string of the molecule is CC(C)Cn1c(CNCOC(C)(C)C)nc2ccccc21. The van der Waals surface area contributed by atoms with Gasteiger partial charge in [0, 0.05) is 6.54 Å². The predicted molar refractivity (Wildman–Crippen MR) is 87.1 cm³/mol. The Hall–Kier alpha value is -1.39. The summed E-state index contributed by atoms with van der Waals surface area (Å²) in [4.78, 5) is 4.74. The minimum atomic E-state index is -0.120. The van der Waals surface area contributed by atoms with Gasteiger partial charge in [0.05, 0.1) is 29.9 Å². The van der Waals surface area contributed by atoms with Gasteiger partial charge in [0.25, 0.3) is 0 Å². The molecule has 0 fully saturated rings. The highest BCUT2D eigenvalue weighted by Gasteiger charge is 2.12. The molecule has 0 saturated heterocycles. The summed E-state index contributed by atoms with van der Waals surface area (Å²) >= 11 is 0. The number of hydrogen-bond acceptors (Lipinski definition) is 3. The number of nitrogens with zero attached hydrogens (tertiary/aromatic N) is 2. The van der Waals surface area contributed by atoms with E-state index in [1.807, 2.05) is 6.07 Å². The Kier molecular flexibility index (Phi) is 5.01. The Balaban J connectivity index is 2.11. The summed E-state index contributed by atoms with van der Waals surface area (Å²) in [7, 11) is 0. The lowest BCUT2D eigenvalue weighted by Gasteiger charge is -2.20. The van der Waals surface area contributed by atoms with Gasteiger partial charge in [-0.1, -0.05) is 26.0 Å². The highest BCUT2D eigenvalue weighted by molar-refractivity contribution is 5.75. The second kappa shape index (κ2) is 6.58. The quantitative estimate of drug-likeness (QED) is 0.653. The van der Waals surface area contributed by atoms with Crippen molar-refractivity contribution < 1.29 is 4.74 Å². The topological polar surface area (TPSA) is 39.1 Å². The fourth-order valence-electron chi connectivity index (χ4n) is 2.26. The van der Waals surface area contributed by atoms with Crippen LogP contribution in [0.2, 0.25) is 0 Å². The second-order valence-electron chi connectivity index (χ2n) is 6.85. The number of imidazole rings is 1. The number of ether oxygens (including phenoxy) is 1. The molecule has 0 atom stereocenters. The molecule has 0 bridgehead atoms. The molecular formula is C17H27N3O. The highest BCUT2D eigenvalue weighted by Crippen LogP contribution is 2.17. The van der Waals surface area contributed by atoms with Gasteiger partial charge in [-0.05, 0) is 38.8 Å². The van der Waals surface area contributed by atoms with Crippen LogP contribution < -0.4 is 5.32 Å². The number of para-hydroxylation sites is 2. The maximum Gasteiger partial charge on any atom is 0.123 e. The maximum atomic E-state index is 5.70. The zero-order valence-corrected chi connectivity index (χ0v) is 13.8. The standard InChI is InChI=1S/C17H27N3O/c1-13(2)11-20-15-9-7-6-8-14(15)19-16(20)10-18-12-21-17(3,4)5/h6-9,13,18H,10-12H2,1-5H3. The average molecular weight is 289 g/mol. The fourth-order valence-corrected chi connectivity index (χ4v) is 2.26. The molecule has 0 saturated carbocycles. The zero-order chi connectivity index (χ0) is 15.5. The molecule has 0 aliphatic carbocycles. The lowest BCUT2D eigenvalue weighted by Crippen LogP contribution is -2.28. The van der Waals surface area contributed by atoms with Gasteiger partial charge in [-0.2, -0.15) is 0 Å². The van der Waals surface area contributed by atoms with E-state index in [0.29, 0.717) is 12.6 Å². The molecule has 2 rings (SSSR count). The average Bonchev–Trinajstić information content (AvgIpc) is 2.71. The van der Waals surface area contributed by atoms with Crippen LogP contribution in [0.25, 0.3) is 11.0 Å². The third kappa shape index (κ3) is 4.55. The van der Waals surface area contributed by atoms with E-state index < -0.39 is 0 Å². The first-order valence-electron chi connectivity index (χ1n) is 7.65. The van der Waals surface area contributed by atoms with Gasteiger partial charge in [0.1, 0.15) is 5.82 Å². The third-order valence-electron chi connectivity index (χ3n) is 3.17.